The fourth-order valence-corrected chi connectivity index (χ4v) is 4.22. The van der Waals surface area contributed by atoms with E-state index in [1.165, 1.54) is 11.8 Å². The second kappa shape index (κ2) is 9.76. The molecule has 3 rings (SSSR count). The zero-order chi connectivity index (χ0) is 21.8. The van der Waals surface area contributed by atoms with Gasteiger partial charge in [-0.2, -0.15) is 0 Å². The molecule has 0 aliphatic carbocycles. The second-order valence-corrected chi connectivity index (χ2v) is 8.74. The molecular formula is C20H22Cl2N6OS. The molecule has 1 atom stereocenters. The number of thioether (sulfide) groups is 1. The van der Waals surface area contributed by atoms with Crippen LogP contribution in [0.4, 0.5) is 0 Å². The van der Waals surface area contributed by atoms with Crippen LogP contribution < -0.4 is 5.32 Å². The summed E-state index contributed by atoms with van der Waals surface area (Å²) in [5.74, 6) is 0.115. The Labute approximate surface area is 189 Å². The van der Waals surface area contributed by atoms with Gasteiger partial charge in [0.25, 0.3) is 5.91 Å². The number of benzene rings is 1. The van der Waals surface area contributed by atoms with Crippen molar-refractivity contribution in [3.8, 4) is 5.69 Å². The van der Waals surface area contributed by atoms with Crippen molar-refractivity contribution in [2.24, 2.45) is 0 Å². The van der Waals surface area contributed by atoms with Crippen LogP contribution in [0.15, 0.2) is 29.4 Å². The standard InChI is InChI=1S/C20H22Cl2N6OS/c1-5-11(2)23-19(29)18-17(10-30-20-24-12(3)6-13(4)25-20)28(27-26-18)16-8-14(21)7-15(22)9-16/h6-9,11H,5,10H2,1-4H3,(H,23,29). The second-order valence-electron chi connectivity index (χ2n) is 6.93. The third-order valence-corrected chi connectivity index (χ3v) is 5.65. The van der Waals surface area contributed by atoms with Gasteiger partial charge in [-0.3, -0.25) is 4.79 Å². The molecule has 0 bridgehead atoms. The van der Waals surface area contributed by atoms with Crippen LogP contribution >= 0.6 is 35.0 Å². The number of nitrogens with zero attached hydrogens (tertiary/aromatic N) is 5. The van der Waals surface area contributed by atoms with Crippen LogP contribution in [0.3, 0.4) is 0 Å². The number of nitrogens with one attached hydrogen (secondary N) is 1. The van der Waals surface area contributed by atoms with E-state index in [9.17, 15) is 4.79 Å². The number of amides is 1. The Balaban J connectivity index is 1.99. The molecule has 0 radical (unpaired) electrons. The highest BCUT2D eigenvalue weighted by Gasteiger charge is 2.22. The van der Waals surface area contributed by atoms with Gasteiger partial charge in [0.1, 0.15) is 0 Å². The van der Waals surface area contributed by atoms with Gasteiger partial charge in [0.15, 0.2) is 10.9 Å². The van der Waals surface area contributed by atoms with Crippen LogP contribution in [0.1, 0.15) is 47.8 Å². The molecule has 0 saturated carbocycles. The van der Waals surface area contributed by atoms with Crippen LogP contribution in [0.5, 0.6) is 0 Å². The van der Waals surface area contributed by atoms with Crippen LogP contribution in [0.2, 0.25) is 10.0 Å². The number of hydrogen-bond donors (Lipinski definition) is 1. The number of halogens is 2. The van der Waals surface area contributed by atoms with E-state index in [2.05, 4.69) is 25.6 Å². The number of carbonyl (C=O) groups is 1. The summed E-state index contributed by atoms with van der Waals surface area (Å²) in [5.41, 5.74) is 3.26. The van der Waals surface area contributed by atoms with Crippen molar-refractivity contribution in [2.45, 2.75) is 51.1 Å². The van der Waals surface area contributed by atoms with Crippen molar-refractivity contribution in [1.29, 1.82) is 0 Å². The molecule has 1 unspecified atom stereocenters. The molecule has 158 valence electrons. The number of hydrogen-bond acceptors (Lipinski definition) is 6. The smallest absolute Gasteiger partial charge is 0.274 e. The fourth-order valence-electron chi connectivity index (χ4n) is 2.76. The molecule has 0 aliphatic heterocycles. The van der Waals surface area contributed by atoms with Crippen LogP contribution in [0.25, 0.3) is 5.69 Å². The summed E-state index contributed by atoms with van der Waals surface area (Å²) < 4.78 is 1.58. The van der Waals surface area contributed by atoms with Crippen LogP contribution in [0, 0.1) is 13.8 Å². The number of aromatic nitrogens is 5. The van der Waals surface area contributed by atoms with Crippen molar-refractivity contribution in [3.63, 3.8) is 0 Å². The molecule has 0 spiro atoms. The van der Waals surface area contributed by atoms with Crippen LogP contribution in [-0.2, 0) is 5.75 Å². The Hall–Kier alpha value is -2.16. The van der Waals surface area contributed by atoms with Gasteiger partial charge in [0.2, 0.25) is 0 Å². The van der Waals surface area contributed by atoms with E-state index in [-0.39, 0.29) is 17.6 Å². The molecule has 1 N–H and O–H groups in total. The minimum Gasteiger partial charge on any atom is -0.348 e. The zero-order valence-electron chi connectivity index (χ0n) is 17.1. The molecule has 2 heterocycles. The van der Waals surface area contributed by atoms with Gasteiger partial charge < -0.3 is 5.32 Å². The van der Waals surface area contributed by atoms with Crippen molar-refractivity contribution < 1.29 is 4.79 Å². The van der Waals surface area contributed by atoms with Gasteiger partial charge in [-0.25, -0.2) is 14.6 Å². The molecule has 7 nitrogen and oxygen atoms in total. The predicted octanol–water partition coefficient (Wildman–Crippen LogP) is 4.80. The predicted molar refractivity (Wildman–Crippen MR) is 120 cm³/mol. The van der Waals surface area contributed by atoms with E-state index in [1.807, 2.05) is 33.8 Å². The first-order chi connectivity index (χ1) is 14.3. The van der Waals surface area contributed by atoms with E-state index in [1.54, 1.807) is 22.9 Å². The van der Waals surface area contributed by atoms with Crippen LogP contribution in [-0.4, -0.2) is 36.9 Å². The Morgan fingerprint density at radius 1 is 1.13 bits per heavy atom. The van der Waals surface area contributed by atoms with E-state index >= 15 is 0 Å². The third-order valence-electron chi connectivity index (χ3n) is 4.36. The first kappa shape index (κ1) is 22.5. The lowest BCUT2D eigenvalue weighted by Crippen LogP contribution is -2.32. The molecule has 0 aliphatic rings. The fraction of sp³-hybridized carbons (Fsp3) is 0.350. The average molecular weight is 465 g/mol. The highest BCUT2D eigenvalue weighted by molar-refractivity contribution is 7.98. The summed E-state index contributed by atoms with van der Waals surface area (Å²) in [6.45, 7) is 7.79. The number of aryl methyl sites for hydroxylation is 2. The Morgan fingerprint density at radius 3 is 2.37 bits per heavy atom. The van der Waals surface area contributed by atoms with Crippen molar-refractivity contribution >= 4 is 40.9 Å². The molecule has 1 amide bonds. The lowest BCUT2D eigenvalue weighted by atomic mass is 10.2. The quantitative estimate of drug-likeness (QED) is 0.399. The largest absolute Gasteiger partial charge is 0.348 e. The van der Waals surface area contributed by atoms with E-state index < -0.39 is 0 Å². The normalized spacial score (nSPS) is 12.1. The third kappa shape index (κ3) is 5.50. The maximum atomic E-state index is 12.8. The minimum atomic E-state index is -0.277. The molecule has 2 aromatic heterocycles. The minimum absolute atomic E-state index is 0.0199. The highest BCUT2D eigenvalue weighted by Crippen LogP contribution is 2.26. The van der Waals surface area contributed by atoms with Crippen molar-refractivity contribution in [2.75, 3.05) is 0 Å². The summed E-state index contributed by atoms with van der Waals surface area (Å²) in [6, 6.07) is 7.01. The monoisotopic (exact) mass is 464 g/mol. The topological polar surface area (TPSA) is 85.6 Å². The van der Waals surface area contributed by atoms with Gasteiger partial charge >= 0.3 is 0 Å². The maximum Gasteiger partial charge on any atom is 0.274 e. The number of carbonyl (C=O) groups excluding carboxylic acids is 1. The Bertz CT molecular complexity index is 1030. The highest BCUT2D eigenvalue weighted by atomic mass is 35.5. The van der Waals surface area contributed by atoms with Gasteiger partial charge in [-0.1, -0.05) is 47.1 Å². The van der Waals surface area contributed by atoms with Gasteiger partial charge in [0.05, 0.1) is 11.4 Å². The molecular weight excluding hydrogens is 443 g/mol. The van der Waals surface area contributed by atoms with E-state index in [0.717, 1.165) is 17.8 Å². The van der Waals surface area contributed by atoms with Gasteiger partial charge in [0, 0.05) is 33.2 Å². The Kier molecular flexibility index (Phi) is 7.33. The summed E-state index contributed by atoms with van der Waals surface area (Å²) in [7, 11) is 0. The summed E-state index contributed by atoms with van der Waals surface area (Å²) >= 11 is 13.7. The lowest BCUT2D eigenvalue weighted by Gasteiger charge is -2.12. The van der Waals surface area contributed by atoms with Crippen molar-refractivity contribution in [3.05, 3.63) is 57.1 Å². The lowest BCUT2D eigenvalue weighted by molar-refractivity contribution is 0.0933. The van der Waals surface area contributed by atoms with E-state index in [0.29, 0.717) is 32.3 Å². The molecule has 0 fully saturated rings. The van der Waals surface area contributed by atoms with Crippen molar-refractivity contribution in [1.82, 2.24) is 30.3 Å². The van der Waals surface area contributed by atoms with Gasteiger partial charge in [-0.05, 0) is 51.5 Å². The number of rotatable bonds is 7. The Morgan fingerprint density at radius 2 is 1.77 bits per heavy atom. The SMILES string of the molecule is CCC(C)NC(=O)c1nnn(-c2cc(Cl)cc(Cl)c2)c1CSc1nc(C)cc(C)n1. The van der Waals surface area contributed by atoms with E-state index in [4.69, 9.17) is 23.2 Å². The maximum absolute atomic E-state index is 12.8. The molecule has 10 heteroatoms. The summed E-state index contributed by atoms with van der Waals surface area (Å²) in [6.07, 6.45) is 0.810. The first-order valence-electron chi connectivity index (χ1n) is 9.43. The average Bonchev–Trinajstić information content (AvgIpc) is 3.08. The summed E-state index contributed by atoms with van der Waals surface area (Å²) in [4.78, 5) is 21.7. The zero-order valence-corrected chi connectivity index (χ0v) is 19.4. The molecule has 0 saturated heterocycles. The first-order valence-corrected chi connectivity index (χ1v) is 11.2. The summed E-state index contributed by atoms with van der Waals surface area (Å²) in [5, 5.41) is 12.9. The molecule has 1 aromatic carbocycles. The van der Waals surface area contributed by atoms with Gasteiger partial charge in [-0.15, -0.1) is 5.10 Å². The molecule has 30 heavy (non-hydrogen) atoms. The molecule has 3 aromatic rings.